The Kier molecular flexibility index (Phi) is 3.99. The molecule has 18 heavy (non-hydrogen) atoms. The molecule has 0 heterocycles. The zero-order valence-electron chi connectivity index (χ0n) is 9.56. The zero-order valence-corrected chi connectivity index (χ0v) is 11.1. The summed E-state index contributed by atoms with van der Waals surface area (Å²) in [5, 5.41) is 2.65. The average Bonchev–Trinajstić information content (AvgIpc) is 2.35. The summed E-state index contributed by atoms with van der Waals surface area (Å²) in [5.74, 6) is -0.176. The smallest absolute Gasteiger partial charge is 0.218 e. The maximum Gasteiger partial charge on any atom is 0.218 e. The number of rotatable bonds is 4. The lowest BCUT2D eigenvalue weighted by molar-refractivity contribution is -0.117. The number of halogens is 1. The van der Waals surface area contributed by atoms with Crippen molar-refractivity contribution in [2.24, 2.45) is 5.73 Å². The van der Waals surface area contributed by atoms with Crippen molar-refractivity contribution < 1.29 is 9.00 Å². The molecule has 2 rings (SSSR count). The normalized spacial score (nSPS) is 12.5. The van der Waals surface area contributed by atoms with Crippen LogP contribution in [0.4, 0.5) is 0 Å². The molecule has 0 aromatic heterocycles. The van der Waals surface area contributed by atoms with Gasteiger partial charge in [0.05, 0.1) is 10.8 Å². The third-order valence-corrected chi connectivity index (χ3v) is 4.16. The molecule has 1 amide bonds. The third-order valence-electron chi connectivity index (χ3n) is 2.57. The van der Waals surface area contributed by atoms with Gasteiger partial charge >= 0.3 is 0 Å². The number of hydrogen-bond donors (Lipinski definition) is 1. The molecule has 0 unspecified atom stereocenters. The van der Waals surface area contributed by atoms with Gasteiger partial charge in [-0.2, -0.15) is 0 Å². The third kappa shape index (κ3) is 3.09. The second kappa shape index (κ2) is 5.50. The predicted molar refractivity (Wildman–Crippen MR) is 74.0 cm³/mol. The fourth-order valence-corrected chi connectivity index (χ4v) is 2.93. The predicted octanol–water partition coefficient (Wildman–Crippen LogP) is 2.48. The number of benzene rings is 2. The minimum atomic E-state index is -1.20. The first-order chi connectivity index (χ1) is 8.56. The topological polar surface area (TPSA) is 60.2 Å². The van der Waals surface area contributed by atoms with Crippen molar-refractivity contribution in [3.8, 4) is 0 Å². The standard InChI is InChI=1S/C13H12ClNO2S/c14-11-3-1-10-8-12(4-2-9(10)7-11)18(17)6-5-13(15)16/h1-4,7-8H,5-6H2,(H2,15,16)/t18-/m1/s1. The van der Waals surface area contributed by atoms with Gasteiger partial charge in [0, 0.05) is 22.1 Å². The lowest BCUT2D eigenvalue weighted by atomic mass is 10.1. The number of fused-ring (bicyclic) bond motifs is 1. The van der Waals surface area contributed by atoms with Crippen LogP contribution in [0.2, 0.25) is 5.02 Å². The molecule has 0 aliphatic heterocycles. The number of amides is 1. The highest BCUT2D eigenvalue weighted by Crippen LogP contribution is 2.22. The summed E-state index contributed by atoms with van der Waals surface area (Å²) in [7, 11) is -1.20. The molecule has 2 aromatic rings. The van der Waals surface area contributed by atoms with Gasteiger partial charge < -0.3 is 5.73 Å². The van der Waals surface area contributed by atoms with Crippen LogP contribution in [-0.4, -0.2) is 15.9 Å². The Labute approximate surface area is 112 Å². The largest absolute Gasteiger partial charge is 0.370 e. The average molecular weight is 282 g/mol. The van der Waals surface area contributed by atoms with Crippen molar-refractivity contribution in [2.75, 3.05) is 5.75 Å². The van der Waals surface area contributed by atoms with Gasteiger partial charge in [-0.3, -0.25) is 9.00 Å². The van der Waals surface area contributed by atoms with E-state index in [-0.39, 0.29) is 12.2 Å². The second-order valence-corrected chi connectivity index (χ2v) is 5.93. The number of hydrogen-bond acceptors (Lipinski definition) is 2. The first-order valence-corrected chi connectivity index (χ1v) is 7.12. The molecule has 0 saturated heterocycles. The summed E-state index contributed by atoms with van der Waals surface area (Å²) < 4.78 is 11.9. The molecule has 0 fully saturated rings. The second-order valence-electron chi connectivity index (χ2n) is 3.92. The van der Waals surface area contributed by atoms with E-state index in [1.807, 2.05) is 24.3 Å². The summed E-state index contributed by atoms with van der Waals surface area (Å²) in [4.78, 5) is 11.4. The van der Waals surface area contributed by atoms with Crippen LogP contribution >= 0.6 is 11.6 Å². The lowest BCUT2D eigenvalue weighted by Crippen LogP contribution is -2.14. The van der Waals surface area contributed by atoms with Gasteiger partial charge in [0.25, 0.3) is 0 Å². The fourth-order valence-electron chi connectivity index (χ4n) is 1.65. The van der Waals surface area contributed by atoms with Gasteiger partial charge in [0.15, 0.2) is 0 Å². The van der Waals surface area contributed by atoms with Crippen molar-refractivity contribution in [1.82, 2.24) is 0 Å². The molecule has 0 bridgehead atoms. The molecule has 94 valence electrons. The Balaban J connectivity index is 2.27. The van der Waals surface area contributed by atoms with E-state index in [9.17, 15) is 9.00 Å². The molecule has 2 aromatic carbocycles. The summed E-state index contributed by atoms with van der Waals surface area (Å²) in [6.45, 7) is 0. The highest BCUT2D eigenvalue weighted by atomic mass is 35.5. The van der Waals surface area contributed by atoms with Gasteiger partial charge in [0.1, 0.15) is 0 Å². The fraction of sp³-hybridized carbons (Fsp3) is 0.154. The molecule has 3 nitrogen and oxygen atoms in total. The maximum absolute atomic E-state index is 11.9. The first kappa shape index (κ1) is 13.1. The lowest BCUT2D eigenvalue weighted by Gasteiger charge is -2.04. The highest BCUT2D eigenvalue weighted by molar-refractivity contribution is 7.85. The van der Waals surface area contributed by atoms with Crippen LogP contribution in [0.5, 0.6) is 0 Å². The van der Waals surface area contributed by atoms with E-state index in [1.54, 1.807) is 12.1 Å². The van der Waals surface area contributed by atoms with Crippen molar-refractivity contribution >= 4 is 39.1 Å². The Bertz CT molecular complexity index is 627. The van der Waals surface area contributed by atoms with Gasteiger partial charge in [0.2, 0.25) is 5.91 Å². The molecule has 5 heteroatoms. The van der Waals surface area contributed by atoms with Crippen LogP contribution in [0.1, 0.15) is 6.42 Å². The van der Waals surface area contributed by atoms with E-state index < -0.39 is 16.7 Å². The van der Waals surface area contributed by atoms with E-state index >= 15 is 0 Å². The minimum absolute atomic E-state index is 0.130. The quantitative estimate of drug-likeness (QED) is 0.936. The molecule has 2 N–H and O–H groups in total. The van der Waals surface area contributed by atoms with E-state index in [0.717, 1.165) is 10.8 Å². The van der Waals surface area contributed by atoms with Crippen molar-refractivity contribution in [3.05, 3.63) is 41.4 Å². The van der Waals surface area contributed by atoms with Crippen LogP contribution in [0.15, 0.2) is 41.3 Å². The van der Waals surface area contributed by atoms with E-state index in [1.165, 1.54) is 0 Å². The maximum atomic E-state index is 11.9. The molecule has 0 saturated carbocycles. The SMILES string of the molecule is NC(=O)CC[S@@](=O)c1ccc2cc(Cl)ccc2c1. The number of primary amides is 1. The molecule has 0 radical (unpaired) electrons. The number of carbonyl (C=O) groups excluding carboxylic acids is 1. The van der Waals surface area contributed by atoms with Gasteiger partial charge in [-0.1, -0.05) is 23.7 Å². The van der Waals surface area contributed by atoms with Gasteiger partial charge in [-0.15, -0.1) is 0 Å². The molecule has 0 spiro atoms. The number of carbonyl (C=O) groups is 1. The van der Waals surface area contributed by atoms with Crippen LogP contribution in [0.25, 0.3) is 10.8 Å². The first-order valence-electron chi connectivity index (χ1n) is 5.42. The zero-order chi connectivity index (χ0) is 13.1. The molecular formula is C13H12ClNO2S. The van der Waals surface area contributed by atoms with E-state index in [2.05, 4.69) is 0 Å². The van der Waals surface area contributed by atoms with Crippen molar-refractivity contribution in [2.45, 2.75) is 11.3 Å². The number of nitrogens with two attached hydrogens (primary N) is 1. The van der Waals surface area contributed by atoms with Gasteiger partial charge in [-0.05, 0) is 35.0 Å². The Morgan fingerprint density at radius 3 is 2.56 bits per heavy atom. The Morgan fingerprint density at radius 2 is 1.83 bits per heavy atom. The van der Waals surface area contributed by atoms with Crippen LogP contribution < -0.4 is 5.73 Å². The minimum Gasteiger partial charge on any atom is -0.370 e. The van der Waals surface area contributed by atoms with Gasteiger partial charge in [-0.25, -0.2) is 0 Å². The van der Waals surface area contributed by atoms with Crippen LogP contribution in [-0.2, 0) is 15.6 Å². The van der Waals surface area contributed by atoms with Crippen LogP contribution in [0, 0.1) is 0 Å². The highest BCUT2D eigenvalue weighted by Gasteiger charge is 2.06. The Morgan fingerprint density at radius 1 is 1.17 bits per heavy atom. The molecule has 1 atom stereocenters. The van der Waals surface area contributed by atoms with Crippen LogP contribution in [0.3, 0.4) is 0 Å². The van der Waals surface area contributed by atoms with E-state index in [0.29, 0.717) is 9.92 Å². The van der Waals surface area contributed by atoms with E-state index in [4.69, 9.17) is 17.3 Å². The van der Waals surface area contributed by atoms with Crippen molar-refractivity contribution in [1.29, 1.82) is 0 Å². The summed E-state index contributed by atoms with van der Waals surface area (Å²) in [6, 6.07) is 11.0. The molecule has 0 aliphatic rings. The summed E-state index contributed by atoms with van der Waals surface area (Å²) in [5.41, 5.74) is 5.04. The summed E-state index contributed by atoms with van der Waals surface area (Å²) in [6.07, 6.45) is 0.130. The Hall–Kier alpha value is -1.39. The molecule has 0 aliphatic carbocycles. The van der Waals surface area contributed by atoms with Crippen molar-refractivity contribution in [3.63, 3.8) is 0 Å². The summed E-state index contributed by atoms with van der Waals surface area (Å²) >= 11 is 5.89. The monoisotopic (exact) mass is 281 g/mol. The molecular weight excluding hydrogens is 270 g/mol.